The van der Waals surface area contributed by atoms with Crippen LogP contribution in [-0.2, 0) is 17.7 Å². The van der Waals surface area contributed by atoms with Crippen molar-refractivity contribution in [1.82, 2.24) is 15.6 Å². The molecule has 0 fully saturated rings. The highest BCUT2D eigenvalue weighted by atomic mass is 35.5. The molecular formula is C20H27ClN4O2. The summed E-state index contributed by atoms with van der Waals surface area (Å²) in [6.07, 6.45) is 2.68. The molecular weight excluding hydrogens is 364 g/mol. The van der Waals surface area contributed by atoms with Gasteiger partial charge in [0.2, 0.25) is 5.88 Å². The van der Waals surface area contributed by atoms with E-state index in [0.717, 1.165) is 36.1 Å². The van der Waals surface area contributed by atoms with Gasteiger partial charge in [-0.1, -0.05) is 29.8 Å². The molecule has 0 aliphatic carbocycles. The molecule has 0 unspecified atom stereocenters. The van der Waals surface area contributed by atoms with E-state index in [2.05, 4.69) is 20.6 Å². The summed E-state index contributed by atoms with van der Waals surface area (Å²) in [6.45, 7) is 5.21. The SMILES string of the molecule is CCNC(=NCc1ccc(OCCOC)nc1)NCCc1ccc(Cl)cc1. The van der Waals surface area contributed by atoms with Gasteiger partial charge in [0.25, 0.3) is 0 Å². The Kier molecular flexibility index (Phi) is 9.44. The minimum Gasteiger partial charge on any atom is -0.475 e. The van der Waals surface area contributed by atoms with Gasteiger partial charge < -0.3 is 20.1 Å². The number of pyridine rings is 1. The third-order valence-electron chi connectivity index (χ3n) is 3.72. The average Bonchev–Trinajstić information content (AvgIpc) is 2.69. The Balaban J connectivity index is 1.82. The summed E-state index contributed by atoms with van der Waals surface area (Å²) in [7, 11) is 1.64. The number of halogens is 1. The minimum atomic E-state index is 0.489. The summed E-state index contributed by atoms with van der Waals surface area (Å²) >= 11 is 5.91. The van der Waals surface area contributed by atoms with Gasteiger partial charge in [-0.25, -0.2) is 9.98 Å². The van der Waals surface area contributed by atoms with Gasteiger partial charge in [0.15, 0.2) is 5.96 Å². The van der Waals surface area contributed by atoms with Crippen molar-refractivity contribution in [3.63, 3.8) is 0 Å². The maximum absolute atomic E-state index is 5.91. The van der Waals surface area contributed by atoms with Crippen LogP contribution in [0, 0.1) is 0 Å². The number of hydrogen-bond acceptors (Lipinski definition) is 4. The second kappa shape index (κ2) is 12.1. The topological polar surface area (TPSA) is 67.8 Å². The van der Waals surface area contributed by atoms with E-state index in [1.54, 1.807) is 13.3 Å². The molecule has 27 heavy (non-hydrogen) atoms. The van der Waals surface area contributed by atoms with Crippen molar-refractivity contribution in [3.8, 4) is 5.88 Å². The smallest absolute Gasteiger partial charge is 0.213 e. The van der Waals surface area contributed by atoms with Crippen LogP contribution < -0.4 is 15.4 Å². The van der Waals surface area contributed by atoms with Crippen LogP contribution in [0.3, 0.4) is 0 Å². The maximum atomic E-state index is 5.91. The molecule has 1 aromatic heterocycles. The molecule has 6 nitrogen and oxygen atoms in total. The van der Waals surface area contributed by atoms with Gasteiger partial charge in [-0.3, -0.25) is 0 Å². The lowest BCUT2D eigenvalue weighted by molar-refractivity contribution is 0.143. The second-order valence-corrected chi connectivity index (χ2v) is 6.28. The largest absolute Gasteiger partial charge is 0.475 e. The van der Waals surface area contributed by atoms with Gasteiger partial charge in [-0.15, -0.1) is 0 Å². The monoisotopic (exact) mass is 390 g/mol. The zero-order chi connectivity index (χ0) is 19.3. The van der Waals surface area contributed by atoms with E-state index >= 15 is 0 Å². The van der Waals surface area contributed by atoms with Crippen molar-refractivity contribution in [2.75, 3.05) is 33.4 Å². The lowest BCUT2D eigenvalue weighted by atomic mass is 10.1. The highest BCUT2D eigenvalue weighted by Gasteiger charge is 2.00. The Morgan fingerprint density at radius 2 is 1.85 bits per heavy atom. The van der Waals surface area contributed by atoms with Crippen molar-refractivity contribution >= 4 is 17.6 Å². The highest BCUT2D eigenvalue weighted by Crippen LogP contribution is 2.10. The Hall–Kier alpha value is -2.31. The van der Waals surface area contributed by atoms with E-state index in [4.69, 9.17) is 21.1 Å². The van der Waals surface area contributed by atoms with Crippen LogP contribution in [0.1, 0.15) is 18.1 Å². The van der Waals surface area contributed by atoms with Crippen LogP contribution in [0.2, 0.25) is 5.02 Å². The molecule has 2 rings (SSSR count). The van der Waals surface area contributed by atoms with E-state index in [1.807, 2.05) is 43.3 Å². The first-order chi connectivity index (χ1) is 13.2. The molecule has 0 radical (unpaired) electrons. The molecule has 0 spiro atoms. The molecule has 2 aromatic rings. The zero-order valence-corrected chi connectivity index (χ0v) is 16.6. The summed E-state index contributed by atoms with van der Waals surface area (Å²) in [6, 6.07) is 11.7. The number of ether oxygens (including phenoxy) is 2. The van der Waals surface area contributed by atoms with Crippen LogP contribution in [0.25, 0.3) is 0 Å². The zero-order valence-electron chi connectivity index (χ0n) is 15.9. The van der Waals surface area contributed by atoms with E-state index in [1.165, 1.54) is 5.56 Å². The number of hydrogen-bond donors (Lipinski definition) is 2. The van der Waals surface area contributed by atoms with Crippen molar-refractivity contribution in [2.45, 2.75) is 19.9 Å². The van der Waals surface area contributed by atoms with Crippen LogP contribution in [0.5, 0.6) is 5.88 Å². The van der Waals surface area contributed by atoms with Gasteiger partial charge in [-0.05, 0) is 36.6 Å². The first-order valence-electron chi connectivity index (χ1n) is 9.04. The van der Waals surface area contributed by atoms with Crippen molar-refractivity contribution < 1.29 is 9.47 Å². The Morgan fingerprint density at radius 3 is 2.52 bits per heavy atom. The highest BCUT2D eigenvalue weighted by molar-refractivity contribution is 6.30. The average molecular weight is 391 g/mol. The molecule has 0 atom stereocenters. The minimum absolute atomic E-state index is 0.489. The number of aromatic nitrogens is 1. The maximum Gasteiger partial charge on any atom is 0.213 e. The van der Waals surface area contributed by atoms with Crippen LogP contribution in [0.4, 0.5) is 0 Å². The molecule has 146 valence electrons. The molecule has 0 amide bonds. The van der Waals surface area contributed by atoms with Gasteiger partial charge in [0.1, 0.15) is 6.61 Å². The third kappa shape index (κ3) is 8.28. The molecule has 7 heteroatoms. The van der Waals surface area contributed by atoms with Gasteiger partial charge in [0.05, 0.1) is 13.2 Å². The third-order valence-corrected chi connectivity index (χ3v) is 3.97. The number of rotatable bonds is 10. The second-order valence-electron chi connectivity index (χ2n) is 5.84. The lowest BCUT2D eigenvalue weighted by Gasteiger charge is -2.11. The number of benzene rings is 1. The fourth-order valence-corrected chi connectivity index (χ4v) is 2.43. The summed E-state index contributed by atoms with van der Waals surface area (Å²) < 4.78 is 10.4. The first-order valence-corrected chi connectivity index (χ1v) is 9.42. The van der Waals surface area contributed by atoms with E-state index in [0.29, 0.717) is 25.6 Å². The predicted molar refractivity (Wildman–Crippen MR) is 110 cm³/mol. The quantitative estimate of drug-likeness (QED) is 0.371. The van der Waals surface area contributed by atoms with Gasteiger partial charge >= 0.3 is 0 Å². The summed E-state index contributed by atoms with van der Waals surface area (Å²) in [5, 5.41) is 7.35. The van der Waals surface area contributed by atoms with E-state index < -0.39 is 0 Å². The number of nitrogens with zero attached hydrogens (tertiary/aromatic N) is 2. The normalized spacial score (nSPS) is 11.3. The van der Waals surface area contributed by atoms with Crippen LogP contribution in [-0.4, -0.2) is 44.4 Å². The van der Waals surface area contributed by atoms with Gasteiger partial charge in [-0.2, -0.15) is 0 Å². The van der Waals surface area contributed by atoms with E-state index in [9.17, 15) is 0 Å². The Morgan fingerprint density at radius 1 is 1.07 bits per heavy atom. The molecule has 1 aromatic carbocycles. The fourth-order valence-electron chi connectivity index (χ4n) is 2.31. The number of guanidine groups is 1. The van der Waals surface area contributed by atoms with Crippen LogP contribution in [0.15, 0.2) is 47.6 Å². The number of aliphatic imine (C=N–C) groups is 1. The summed E-state index contributed by atoms with van der Waals surface area (Å²) in [4.78, 5) is 8.89. The number of methoxy groups -OCH3 is 1. The molecule has 2 N–H and O–H groups in total. The number of nitrogens with one attached hydrogen (secondary N) is 2. The van der Waals surface area contributed by atoms with E-state index in [-0.39, 0.29) is 0 Å². The molecule has 0 aliphatic rings. The fraction of sp³-hybridized carbons (Fsp3) is 0.400. The summed E-state index contributed by atoms with van der Waals surface area (Å²) in [5.74, 6) is 1.37. The van der Waals surface area contributed by atoms with Crippen molar-refractivity contribution in [1.29, 1.82) is 0 Å². The Labute approximate surface area is 166 Å². The standard InChI is InChI=1S/C20H27ClN4O2/c1-3-22-20(23-11-10-16-4-7-18(21)8-5-16)25-15-17-6-9-19(24-14-17)27-13-12-26-2/h4-9,14H,3,10-13,15H2,1-2H3,(H2,22,23,25). The summed E-state index contributed by atoms with van der Waals surface area (Å²) in [5.41, 5.74) is 2.25. The first kappa shape index (κ1) is 21.0. The lowest BCUT2D eigenvalue weighted by Crippen LogP contribution is -2.38. The molecule has 0 saturated heterocycles. The predicted octanol–water partition coefficient (Wildman–Crippen LogP) is 3.06. The van der Waals surface area contributed by atoms with Crippen molar-refractivity contribution in [3.05, 3.63) is 58.7 Å². The molecule has 0 bridgehead atoms. The van der Waals surface area contributed by atoms with Crippen molar-refractivity contribution in [2.24, 2.45) is 4.99 Å². The molecule has 1 heterocycles. The Bertz CT molecular complexity index is 690. The molecule has 0 saturated carbocycles. The van der Waals surface area contributed by atoms with Gasteiger partial charge in [0, 0.05) is 37.5 Å². The van der Waals surface area contributed by atoms with Crippen LogP contribution >= 0.6 is 11.6 Å². The molecule has 0 aliphatic heterocycles.